The smallest absolute Gasteiger partial charge is 0.232 e. The Morgan fingerprint density at radius 1 is 1.18 bits per heavy atom. The molecule has 0 radical (unpaired) electrons. The molecule has 3 rings (SSSR count). The summed E-state index contributed by atoms with van der Waals surface area (Å²) in [7, 11) is 0. The minimum absolute atomic E-state index is 0.0351. The number of carbonyl (C=O) groups is 2. The SMILES string of the molecule is CC(=O)N1C[C@@H](C(=O)N2CCOCC2)[C@H](c2nc(C)no2)C1. The van der Waals surface area contributed by atoms with E-state index in [0.717, 1.165) is 0 Å². The Balaban J connectivity index is 1.81. The molecule has 2 atom stereocenters. The Hall–Kier alpha value is -1.96. The topological polar surface area (TPSA) is 88.8 Å². The van der Waals surface area contributed by atoms with Gasteiger partial charge in [0.2, 0.25) is 17.7 Å². The van der Waals surface area contributed by atoms with Crippen molar-refractivity contribution in [2.75, 3.05) is 39.4 Å². The Bertz CT molecular complexity index is 567. The maximum atomic E-state index is 12.8. The number of morpholine rings is 1. The minimum Gasteiger partial charge on any atom is -0.378 e. The molecule has 1 aromatic rings. The molecule has 0 N–H and O–H groups in total. The van der Waals surface area contributed by atoms with Crippen LogP contribution in [0.5, 0.6) is 0 Å². The lowest BCUT2D eigenvalue weighted by Gasteiger charge is -2.30. The molecule has 2 saturated heterocycles. The standard InChI is InChI=1S/C14H20N4O4/c1-9-15-13(22-16-9)11-7-18(10(2)19)8-12(11)14(20)17-3-5-21-6-4-17/h11-12H,3-8H2,1-2H3/t11-,12-/m1/s1. The molecule has 0 spiro atoms. The van der Waals surface area contributed by atoms with Gasteiger partial charge in [-0.2, -0.15) is 4.98 Å². The van der Waals surface area contributed by atoms with Crippen molar-refractivity contribution in [1.29, 1.82) is 0 Å². The number of amides is 2. The van der Waals surface area contributed by atoms with Gasteiger partial charge in [0, 0.05) is 33.1 Å². The average molecular weight is 308 g/mol. The van der Waals surface area contributed by atoms with Gasteiger partial charge in [0.15, 0.2) is 5.82 Å². The third-order valence-electron chi connectivity index (χ3n) is 4.27. The number of ether oxygens (including phenoxy) is 1. The highest BCUT2D eigenvalue weighted by molar-refractivity contribution is 5.82. The lowest BCUT2D eigenvalue weighted by molar-refractivity contribution is -0.140. The van der Waals surface area contributed by atoms with Crippen molar-refractivity contribution in [1.82, 2.24) is 19.9 Å². The molecule has 2 fully saturated rings. The van der Waals surface area contributed by atoms with E-state index in [-0.39, 0.29) is 23.7 Å². The summed E-state index contributed by atoms with van der Waals surface area (Å²) in [5, 5.41) is 3.80. The van der Waals surface area contributed by atoms with Crippen molar-refractivity contribution >= 4 is 11.8 Å². The van der Waals surface area contributed by atoms with Crippen LogP contribution in [-0.2, 0) is 14.3 Å². The first-order chi connectivity index (χ1) is 10.6. The van der Waals surface area contributed by atoms with Crippen LogP contribution >= 0.6 is 0 Å². The summed E-state index contributed by atoms with van der Waals surface area (Å²) >= 11 is 0. The van der Waals surface area contributed by atoms with Crippen LogP contribution < -0.4 is 0 Å². The molecule has 2 amide bonds. The molecule has 1 aromatic heterocycles. The van der Waals surface area contributed by atoms with Crippen LogP contribution in [0, 0.1) is 12.8 Å². The molecule has 8 nitrogen and oxygen atoms in total. The molecular weight excluding hydrogens is 288 g/mol. The number of hydrogen-bond acceptors (Lipinski definition) is 6. The van der Waals surface area contributed by atoms with Crippen LogP contribution in [0.1, 0.15) is 24.6 Å². The fraction of sp³-hybridized carbons (Fsp3) is 0.714. The van der Waals surface area contributed by atoms with Gasteiger partial charge in [-0.1, -0.05) is 5.16 Å². The highest BCUT2D eigenvalue weighted by Gasteiger charge is 2.44. The Morgan fingerprint density at radius 3 is 2.50 bits per heavy atom. The molecule has 8 heteroatoms. The number of hydrogen-bond donors (Lipinski definition) is 0. The Labute approximate surface area is 128 Å². The quantitative estimate of drug-likeness (QED) is 0.751. The summed E-state index contributed by atoms with van der Waals surface area (Å²) < 4.78 is 10.5. The Kier molecular flexibility index (Phi) is 4.10. The number of carbonyl (C=O) groups excluding carboxylic acids is 2. The van der Waals surface area contributed by atoms with Crippen molar-refractivity contribution in [2.45, 2.75) is 19.8 Å². The molecule has 0 aliphatic carbocycles. The first-order valence-corrected chi connectivity index (χ1v) is 7.48. The van der Waals surface area contributed by atoms with Gasteiger partial charge >= 0.3 is 0 Å². The number of nitrogens with zero attached hydrogens (tertiary/aromatic N) is 4. The van der Waals surface area contributed by atoms with Gasteiger partial charge in [-0.3, -0.25) is 9.59 Å². The number of aryl methyl sites for hydroxylation is 1. The fourth-order valence-electron chi connectivity index (χ4n) is 3.04. The van der Waals surface area contributed by atoms with Gasteiger partial charge < -0.3 is 19.1 Å². The van der Waals surface area contributed by atoms with Crippen LogP contribution in [0.4, 0.5) is 0 Å². The normalized spacial score (nSPS) is 25.5. The average Bonchev–Trinajstić information content (AvgIpc) is 3.13. The van der Waals surface area contributed by atoms with Crippen LogP contribution in [0.2, 0.25) is 0 Å². The maximum Gasteiger partial charge on any atom is 0.232 e. The summed E-state index contributed by atoms with van der Waals surface area (Å²) in [6.07, 6.45) is 0. The summed E-state index contributed by atoms with van der Waals surface area (Å²) in [6, 6.07) is 0. The third-order valence-corrected chi connectivity index (χ3v) is 4.27. The Morgan fingerprint density at radius 2 is 1.91 bits per heavy atom. The van der Waals surface area contributed by atoms with Gasteiger partial charge in [-0.05, 0) is 6.92 Å². The van der Waals surface area contributed by atoms with E-state index in [9.17, 15) is 9.59 Å². The highest BCUT2D eigenvalue weighted by atomic mass is 16.5. The number of likely N-dealkylation sites (tertiary alicyclic amines) is 1. The maximum absolute atomic E-state index is 12.8. The predicted octanol–water partition coefficient (Wildman–Crippen LogP) is -0.201. The minimum atomic E-state index is -0.332. The first kappa shape index (κ1) is 15.0. The lowest BCUT2D eigenvalue weighted by atomic mass is 9.94. The fourth-order valence-corrected chi connectivity index (χ4v) is 3.04. The monoisotopic (exact) mass is 308 g/mol. The van der Waals surface area contributed by atoms with Crippen LogP contribution in [-0.4, -0.2) is 71.1 Å². The number of rotatable bonds is 2. The van der Waals surface area contributed by atoms with Crippen molar-refractivity contribution in [2.24, 2.45) is 5.92 Å². The van der Waals surface area contributed by atoms with E-state index in [0.29, 0.717) is 51.1 Å². The van der Waals surface area contributed by atoms with E-state index in [1.54, 1.807) is 16.7 Å². The van der Waals surface area contributed by atoms with Gasteiger partial charge in [0.25, 0.3) is 0 Å². The molecule has 22 heavy (non-hydrogen) atoms. The molecule has 2 aliphatic rings. The van der Waals surface area contributed by atoms with Crippen LogP contribution in [0.25, 0.3) is 0 Å². The zero-order chi connectivity index (χ0) is 15.7. The van der Waals surface area contributed by atoms with E-state index in [4.69, 9.17) is 9.26 Å². The molecular formula is C14H20N4O4. The van der Waals surface area contributed by atoms with Crippen molar-refractivity contribution in [3.63, 3.8) is 0 Å². The summed E-state index contributed by atoms with van der Waals surface area (Å²) in [5.41, 5.74) is 0. The zero-order valence-corrected chi connectivity index (χ0v) is 12.8. The second-order valence-electron chi connectivity index (χ2n) is 5.75. The van der Waals surface area contributed by atoms with Crippen LogP contribution in [0.3, 0.4) is 0 Å². The van der Waals surface area contributed by atoms with Gasteiger partial charge in [-0.25, -0.2) is 0 Å². The van der Waals surface area contributed by atoms with Crippen molar-refractivity contribution in [3.05, 3.63) is 11.7 Å². The third kappa shape index (κ3) is 2.83. The number of aromatic nitrogens is 2. The molecule has 120 valence electrons. The molecule has 0 unspecified atom stereocenters. The van der Waals surface area contributed by atoms with E-state index in [2.05, 4.69) is 10.1 Å². The summed E-state index contributed by atoms with van der Waals surface area (Å²) in [5.74, 6) is 0.399. The predicted molar refractivity (Wildman–Crippen MR) is 74.9 cm³/mol. The molecule has 3 heterocycles. The lowest BCUT2D eigenvalue weighted by Crippen LogP contribution is -2.45. The second-order valence-corrected chi connectivity index (χ2v) is 5.75. The zero-order valence-electron chi connectivity index (χ0n) is 12.8. The summed E-state index contributed by atoms with van der Waals surface area (Å²) in [4.78, 5) is 32.2. The van der Waals surface area contributed by atoms with Gasteiger partial charge in [-0.15, -0.1) is 0 Å². The molecule has 0 aromatic carbocycles. The van der Waals surface area contributed by atoms with Crippen molar-refractivity contribution < 1.29 is 18.8 Å². The van der Waals surface area contributed by atoms with E-state index < -0.39 is 0 Å². The molecule has 0 bridgehead atoms. The van der Waals surface area contributed by atoms with Gasteiger partial charge in [0.05, 0.1) is 25.0 Å². The van der Waals surface area contributed by atoms with E-state index in [1.165, 1.54) is 6.92 Å². The first-order valence-electron chi connectivity index (χ1n) is 7.48. The molecule has 0 saturated carbocycles. The second kappa shape index (κ2) is 6.04. The van der Waals surface area contributed by atoms with Crippen molar-refractivity contribution in [3.8, 4) is 0 Å². The largest absolute Gasteiger partial charge is 0.378 e. The summed E-state index contributed by atoms with van der Waals surface area (Å²) in [6.45, 7) is 6.38. The molecule has 2 aliphatic heterocycles. The van der Waals surface area contributed by atoms with Crippen LogP contribution in [0.15, 0.2) is 4.52 Å². The van der Waals surface area contributed by atoms with Gasteiger partial charge in [0.1, 0.15) is 0 Å². The van der Waals surface area contributed by atoms with E-state index >= 15 is 0 Å². The van der Waals surface area contributed by atoms with E-state index in [1.807, 2.05) is 0 Å². The highest BCUT2D eigenvalue weighted by Crippen LogP contribution is 2.33.